The van der Waals surface area contributed by atoms with Gasteiger partial charge in [-0.15, -0.1) is 11.3 Å². The van der Waals surface area contributed by atoms with E-state index in [2.05, 4.69) is 15.6 Å². The third kappa shape index (κ3) is 3.73. The van der Waals surface area contributed by atoms with Crippen LogP contribution in [-0.2, 0) is 4.79 Å². The number of thiazole rings is 1. The zero-order valence-electron chi connectivity index (χ0n) is 13.4. The lowest BCUT2D eigenvalue weighted by Crippen LogP contribution is -2.46. The molecule has 0 spiro atoms. The first-order chi connectivity index (χ1) is 11.6. The van der Waals surface area contributed by atoms with Crippen LogP contribution in [0.4, 0.5) is 10.5 Å². The Morgan fingerprint density at radius 2 is 2.21 bits per heavy atom. The Bertz CT molecular complexity index is 690. The normalized spacial score (nSPS) is 18.5. The highest BCUT2D eigenvalue weighted by atomic mass is 32.1. The molecule has 2 N–H and O–H groups in total. The van der Waals surface area contributed by atoms with E-state index in [4.69, 9.17) is 0 Å². The predicted octanol–water partition coefficient (Wildman–Crippen LogP) is 2.35. The molecule has 3 amide bonds. The zero-order valence-corrected chi connectivity index (χ0v) is 14.3. The van der Waals surface area contributed by atoms with Gasteiger partial charge in [-0.25, -0.2) is 9.78 Å². The van der Waals surface area contributed by atoms with E-state index in [0.717, 1.165) is 10.7 Å². The molecule has 2 aromatic rings. The first-order valence-electron chi connectivity index (χ1n) is 7.95. The van der Waals surface area contributed by atoms with Gasteiger partial charge >= 0.3 is 6.03 Å². The zero-order chi connectivity index (χ0) is 16.9. The maximum Gasteiger partial charge on any atom is 0.315 e. The number of nitrogens with zero attached hydrogens (tertiary/aromatic N) is 2. The molecule has 1 aliphatic rings. The summed E-state index contributed by atoms with van der Waals surface area (Å²) in [6, 6.07) is 8.72. The molecule has 1 saturated heterocycles. The van der Waals surface area contributed by atoms with Crippen molar-refractivity contribution in [3.63, 3.8) is 0 Å². The van der Waals surface area contributed by atoms with Crippen molar-refractivity contribution in [2.24, 2.45) is 0 Å². The monoisotopic (exact) mass is 344 g/mol. The number of nitrogens with one attached hydrogen (secondary N) is 2. The van der Waals surface area contributed by atoms with E-state index in [-0.39, 0.29) is 17.9 Å². The van der Waals surface area contributed by atoms with E-state index in [1.54, 1.807) is 22.4 Å². The smallest absolute Gasteiger partial charge is 0.315 e. The van der Waals surface area contributed by atoms with E-state index < -0.39 is 6.04 Å². The van der Waals surface area contributed by atoms with Gasteiger partial charge in [-0.1, -0.05) is 25.1 Å². The third-order valence-corrected chi connectivity index (χ3v) is 5.03. The molecule has 3 rings (SSSR count). The first-order valence-corrected chi connectivity index (χ1v) is 8.83. The summed E-state index contributed by atoms with van der Waals surface area (Å²) in [5, 5.41) is 8.50. The number of aromatic nitrogens is 1. The topological polar surface area (TPSA) is 74.3 Å². The number of amides is 3. The van der Waals surface area contributed by atoms with Gasteiger partial charge in [0.15, 0.2) is 0 Å². The van der Waals surface area contributed by atoms with Crippen LogP contribution in [-0.4, -0.2) is 36.1 Å². The Morgan fingerprint density at radius 3 is 2.92 bits per heavy atom. The summed E-state index contributed by atoms with van der Waals surface area (Å²) >= 11 is 1.57. The minimum absolute atomic E-state index is 0.0654. The molecule has 0 saturated carbocycles. The fraction of sp³-hybridized carbons (Fsp3) is 0.353. The minimum atomic E-state index is -0.472. The molecule has 0 bridgehead atoms. The molecule has 2 heterocycles. The molecular weight excluding hydrogens is 324 g/mol. The number of hydrogen-bond acceptors (Lipinski definition) is 4. The van der Waals surface area contributed by atoms with Gasteiger partial charge in [0, 0.05) is 36.3 Å². The van der Waals surface area contributed by atoms with Crippen LogP contribution in [0.1, 0.15) is 24.3 Å². The third-order valence-electron chi connectivity index (χ3n) is 4.02. The molecule has 1 aliphatic heterocycles. The second kappa shape index (κ2) is 7.44. The summed E-state index contributed by atoms with van der Waals surface area (Å²) in [6.07, 6.45) is 2.37. The Hall–Kier alpha value is -2.41. The number of benzene rings is 1. The quantitative estimate of drug-likeness (QED) is 0.874. The fourth-order valence-electron chi connectivity index (χ4n) is 2.70. The average molecular weight is 344 g/mol. The Balaban J connectivity index is 1.49. The molecule has 1 fully saturated rings. The van der Waals surface area contributed by atoms with Crippen LogP contribution in [0.3, 0.4) is 0 Å². The first kappa shape index (κ1) is 16.4. The minimum Gasteiger partial charge on any atom is -0.337 e. The fourth-order valence-corrected chi connectivity index (χ4v) is 3.40. The van der Waals surface area contributed by atoms with Crippen LogP contribution in [0.2, 0.25) is 0 Å². The maximum absolute atomic E-state index is 12.4. The van der Waals surface area contributed by atoms with E-state index in [1.807, 2.05) is 42.6 Å². The Kier molecular flexibility index (Phi) is 5.10. The van der Waals surface area contributed by atoms with Gasteiger partial charge in [-0.3, -0.25) is 4.79 Å². The lowest BCUT2D eigenvalue weighted by atomic mass is 10.2. The maximum atomic E-state index is 12.4. The van der Waals surface area contributed by atoms with Gasteiger partial charge in [0.2, 0.25) is 5.91 Å². The van der Waals surface area contributed by atoms with Crippen LogP contribution in [0.5, 0.6) is 0 Å². The van der Waals surface area contributed by atoms with Gasteiger partial charge in [0.25, 0.3) is 0 Å². The lowest BCUT2D eigenvalue weighted by Gasteiger charge is -2.17. The second-order valence-corrected chi connectivity index (χ2v) is 6.72. The van der Waals surface area contributed by atoms with Crippen molar-refractivity contribution in [3.05, 3.63) is 46.9 Å². The molecule has 1 aromatic carbocycles. The van der Waals surface area contributed by atoms with Gasteiger partial charge in [-0.05, 0) is 18.6 Å². The average Bonchev–Trinajstić information content (AvgIpc) is 3.25. The predicted molar refractivity (Wildman–Crippen MR) is 94.3 cm³/mol. The number of anilines is 1. The standard InChI is InChI=1S/C17H20N4O2S/c1-12(15-18-8-10-24-15)11-19-17(23)20-14-7-9-21(16(14)22)13-5-3-2-4-6-13/h2-6,8,10,12,14H,7,9,11H2,1H3,(H2,19,20,23)/t12-,14+/m0/s1. The van der Waals surface area contributed by atoms with Crippen molar-refractivity contribution in [1.29, 1.82) is 0 Å². The molecule has 0 aliphatic carbocycles. The lowest BCUT2D eigenvalue weighted by molar-refractivity contribution is -0.118. The summed E-state index contributed by atoms with van der Waals surface area (Å²) in [5.41, 5.74) is 0.865. The van der Waals surface area contributed by atoms with Crippen molar-refractivity contribution < 1.29 is 9.59 Å². The highest BCUT2D eigenvalue weighted by molar-refractivity contribution is 7.09. The van der Waals surface area contributed by atoms with Gasteiger partial charge in [0.1, 0.15) is 6.04 Å². The number of urea groups is 1. The van der Waals surface area contributed by atoms with Crippen LogP contribution >= 0.6 is 11.3 Å². The number of carbonyl (C=O) groups is 2. The van der Waals surface area contributed by atoms with Crippen molar-refractivity contribution in [3.8, 4) is 0 Å². The summed E-state index contributed by atoms with van der Waals surface area (Å²) in [5.74, 6) is 0.0835. The highest BCUT2D eigenvalue weighted by Crippen LogP contribution is 2.21. The van der Waals surface area contributed by atoms with Crippen molar-refractivity contribution in [1.82, 2.24) is 15.6 Å². The van der Waals surface area contributed by atoms with Crippen LogP contribution in [0.25, 0.3) is 0 Å². The highest BCUT2D eigenvalue weighted by Gasteiger charge is 2.33. The molecule has 1 aromatic heterocycles. The molecule has 24 heavy (non-hydrogen) atoms. The molecular formula is C17H20N4O2S. The molecule has 7 heteroatoms. The SMILES string of the molecule is C[C@@H](CNC(=O)N[C@@H]1CCN(c2ccccc2)C1=O)c1nccs1. The number of hydrogen-bond donors (Lipinski definition) is 2. The summed E-state index contributed by atoms with van der Waals surface area (Å²) < 4.78 is 0. The van der Waals surface area contributed by atoms with Gasteiger partial charge in [-0.2, -0.15) is 0 Å². The van der Waals surface area contributed by atoms with Gasteiger partial charge < -0.3 is 15.5 Å². The molecule has 0 unspecified atom stereocenters. The van der Waals surface area contributed by atoms with E-state index in [1.165, 1.54) is 0 Å². The number of para-hydroxylation sites is 1. The van der Waals surface area contributed by atoms with Crippen LogP contribution in [0, 0.1) is 0 Å². The van der Waals surface area contributed by atoms with Gasteiger partial charge in [0.05, 0.1) is 5.01 Å². The van der Waals surface area contributed by atoms with Crippen LogP contribution in [0.15, 0.2) is 41.9 Å². The van der Waals surface area contributed by atoms with Crippen molar-refractivity contribution in [2.45, 2.75) is 25.3 Å². The summed E-state index contributed by atoms with van der Waals surface area (Å²) in [4.78, 5) is 30.4. The largest absolute Gasteiger partial charge is 0.337 e. The van der Waals surface area contributed by atoms with E-state index >= 15 is 0 Å². The summed E-state index contributed by atoms with van der Waals surface area (Å²) in [7, 11) is 0. The van der Waals surface area contributed by atoms with Crippen molar-refractivity contribution >= 4 is 29.0 Å². The molecule has 2 atom stereocenters. The summed E-state index contributed by atoms with van der Waals surface area (Å²) in [6.45, 7) is 3.11. The molecule has 6 nitrogen and oxygen atoms in total. The molecule has 0 radical (unpaired) electrons. The van der Waals surface area contributed by atoms with E-state index in [0.29, 0.717) is 19.5 Å². The second-order valence-electron chi connectivity index (χ2n) is 5.79. The Labute approximate surface area is 144 Å². The number of rotatable bonds is 5. The van der Waals surface area contributed by atoms with Crippen molar-refractivity contribution in [2.75, 3.05) is 18.0 Å². The van der Waals surface area contributed by atoms with E-state index in [9.17, 15) is 9.59 Å². The Morgan fingerprint density at radius 1 is 1.42 bits per heavy atom. The van der Waals surface area contributed by atoms with Crippen LogP contribution < -0.4 is 15.5 Å². The number of carbonyl (C=O) groups excluding carboxylic acids is 2. The molecule has 126 valence electrons.